The molecule has 1 nitrogen and oxygen atoms in total. The highest BCUT2D eigenvalue weighted by atomic mass is 15.1. The zero-order valence-corrected chi connectivity index (χ0v) is 31.5. The van der Waals surface area contributed by atoms with E-state index in [1.54, 1.807) is 0 Å². The number of para-hydroxylation sites is 1. The summed E-state index contributed by atoms with van der Waals surface area (Å²) in [5.74, 6) is 0. The van der Waals surface area contributed by atoms with Crippen LogP contribution >= 0.6 is 0 Å². The summed E-state index contributed by atoms with van der Waals surface area (Å²) >= 11 is 0. The second-order valence-electron chi connectivity index (χ2n) is 15.7. The van der Waals surface area contributed by atoms with Crippen molar-refractivity contribution in [3.05, 3.63) is 211 Å². The number of anilines is 3. The standard InChI is InChI=1S/C55H39N/c1-55(2)52-23-13-12-20-46(52)51-35-43(30-31-53(51)55)56(41-16-4-3-5-17-41)42-28-26-37(27-29-42)49-33-40-34-50(39-25-24-36-14-6-7-15-38(36)32-39)45-19-9-11-22-48(45)54(40)47-21-10-8-18-44(47)49/h3-35H,1-2H3. The Hall–Kier alpha value is -6.96. The lowest BCUT2D eigenvalue weighted by atomic mass is 9.82. The van der Waals surface area contributed by atoms with Crippen molar-refractivity contribution in [2.24, 2.45) is 0 Å². The molecule has 0 amide bonds. The molecule has 0 N–H and O–H groups in total. The second kappa shape index (κ2) is 12.5. The Morgan fingerprint density at radius 3 is 1.59 bits per heavy atom. The summed E-state index contributed by atoms with van der Waals surface area (Å²) in [6.45, 7) is 4.68. The fraction of sp³-hybridized carbons (Fsp3) is 0.0545. The van der Waals surface area contributed by atoms with E-state index < -0.39 is 0 Å². The first-order chi connectivity index (χ1) is 27.5. The fourth-order valence-corrected chi connectivity index (χ4v) is 9.48. The molecule has 1 heteroatoms. The quantitative estimate of drug-likeness (QED) is 0.161. The molecule has 264 valence electrons. The second-order valence-corrected chi connectivity index (χ2v) is 15.7. The lowest BCUT2D eigenvalue weighted by Gasteiger charge is -2.27. The molecular formula is C55H39N. The molecule has 56 heavy (non-hydrogen) atoms. The topological polar surface area (TPSA) is 3.24 Å². The van der Waals surface area contributed by atoms with Gasteiger partial charge >= 0.3 is 0 Å². The molecular weight excluding hydrogens is 675 g/mol. The lowest BCUT2D eigenvalue weighted by molar-refractivity contribution is 0.660. The van der Waals surface area contributed by atoms with Gasteiger partial charge in [-0.05, 0) is 142 Å². The lowest BCUT2D eigenvalue weighted by Crippen LogP contribution is -2.15. The molecule has 0 saturated carbocycles. The molecule has 0 aliphatic heterocycles. The van der Waals surface area contributed by atoms with Crippen molar-refractivity contribution in [1.29, 1.82) is 0 Å². The monoisotopic (exact) mass is 713 g/mol. The molecule has 0 aromatic heterocycles. The van der Waals surface area contributed by atoms with Crippen LogP contribution in [0.25, 0.3) is 76.5 Å². The normalized spacial score (nSPS) is 13.0. The maximum Gasteiger partial charge on any atom is 0.0468 e. The minimum absolute atomic E-state index is 0.0329. The smallest absolute Gasteiger partial charge is 0.0468 e. The molecule has 11 rings (SSSR count). The van der Waals surface area contributed by atoms with E-state index in [4.69, 9.17) is 0 Å². The summed E-state index contributed by atoms with van der Waals surface area (Å²) in [4.78, 5) is 2.39. The summed E-state index contributed by atoms with van der Waals surface area (Å²) in [5, 5.41) is 10.2. The molecule has 10 aromatic carbocycles. The Morgan fingerprint density at radius 1 is 0.321 bits per heavy atom. The van der Waals surface area contributed by atoms with Gasteiger partial charge in [0.1, 0.15) is 0 Å². The van der Waals surface area contributed by atoms with Crippen molar-refractivity contribution in [1.82, 2.24) is 0 Å². The van der Waals surface area contributed by atoms with Gasteiger partial charge in [-0.15, -0.1) is 0 Å². The van der Waals surface area contributed by atoms with Crippen LogP contribution in [0, 0.1) is 0 Å². The van der Waals surface area contributed by atoms with E-state index in [1.165, 1.54) is 87.6 Å². The summed E-state index contributed by atoms with van der Waals surface area (Å²) < 4.78 is 0. The van der Waals surface area contributed by atoms with E-state index in [-0.39, 0.29) is 5.41 Å². The Morgan fingerprint density at radius 2 is 0.857 bits per heavy atom. The van der Waals surface area contributed by atoms with E-state index in [9.17, 15) is 0 Å². The van der Waals surface area contributed by atoms with Crippen LogP contribution in [0.3, 0.4) is 0 Å². The third-order valence-electron chi connectivity index (χ3n) is 12.2. The van der Waals surface area contributed by atoms with Gasteiger partial charge in [-0.25, -0.2) is 0 Å². The Kier molecular flexibility index (Phi) is 7.28. The van der Waals surface area contributed by atoms with Crippen LogP contribution in [0.4, 0.5) is 17.1 Å². The van der Waals surface area contributed by atoms with E-state index in [0.717, 1.165) is 17.1 Å². The number of hydrogen-bond acceptors (Lipinski definition) is 1. The highest BCUT2D eigenvalue weighted by Gasteiger charge is 2.35. The summed E-state index contributed by atoms with van der Waals surface area (Å²) in [6.07, 6.45) is 0. The average Bonchev–Trinajstić information content (AvgIpc) is 3.48. The molecule has 0 atom stereocenters. The van der Waals surface area contributed by atoms with Gasteiger partial charge < -0.3 is 4.90 Å². The molecule has 10 aromatic rings. The van der Waals surface area contributed by atoms with Gasteiger partial charge in [0.2, 0.25) is 0 Å². The summed E-state index contributed by atoms with van der Waals surface area (Å²) in [6, 6.07) is 74.0. The molecule has 0 heterocycles. The van der Waals surface area contributed by atoms with Gasteiger partial charge in [0.15, 0.2) is 0 Å². The first-order valence-electron chi connectivity index (χ1n) is 19.6. The van der Waals surface area contributed by atoms with Gasteiger partial charge in [-0.1, -0.05) is 159 Å². The molecule has 0 bridgehead atoms. The van der Waals surface area contributed by atoms with Crippen LogP contribution in [-0.2, 0) is 5.41 Å². The van der Waals surface area contributed by atoms with Crippen molar-refractivity contribution in [3.63, 3.8) is 0 Å². The summed E-state index contributed by atoms with van der Waals surface area (Å²) in [5.41, 5.74) is 13.7. The highest BCUT2D eigenvalue weighted by molar-refractivity contribution is 6.26. The van der Waals surface area contributed by atoms with Gasteiger partial charge in [0.25, 0.3) is 0 Å². The third kappa shape index (κ3) is 5.01. The Balaban J connectivity index is 1.07. The molecule has 0 saturated heterocycles. The highest BCUT2D eigenvalue weighted by Crippen LogP contribution is 2.51. The number of nitrogens with zero attached hydrogens (tertiary/aromatic N) is 1. The van der Waals surface area contributed by atoms with Crippen molar-refractivity contribution in [2.45, 2.75) is 19.3 Å². The van der Waals surface area contributed by atoms with E-state index >= 15 is 0 Å². The molecule has 0 fully saturated rings. The predicted octanol–water partition coefficient (Wildman–Crippen LogP) is 15.4. The van der Waals surface area contributed by atoms with Crippen LogP contribution in [-0.4, -0.2) is 0 Å². The van der Waals surface area contributed by atoms with Crippen molar-refractivity contribution in [2.75, 3.05) is 4.90 Å². The number of fused-ring (bicyclic) bond motifs is 9. The first-order valence-corrected chi connectivity index (χ1v) is 19.6. The average molecular weight is 714 g/mol. The van der Waals surface area contributed by atoms with Crippen LogP contribution < -0.4 is 4.90 Å². The molecule has 1 aliphatic rings. The zero-order valence-electron chi connectivity index (χ0n) is 31.5. The first kappa shape index (κ1) is 32.5. The maximum absolute atomic E-state index is 2.41. The largest absolute Gasteiger partial charge is 0.310 e. The van der Waals surface area contributed by atoms with E-state index in [0.29, 0.717) is 0 Å². The van der Waals surface area contributed by atoms with Gasteiger partial charge in [0, 0.05) is 22.5 Å². The Bertz CT molecular complexity index is 3150. The molecule has 1 aliphatic carbocycles. The minimum atomic E-state index is -0.0329. The van der Waals surface area contributed by atoms with E-state index in [2.05, 4.69) is 219 Å². The minimum Gasteiger partial charge on any atom is -0.310 e. The Labute approximate surface area is 327 Å². The zero-order chi connectivity index (χ0) is 37.4. The van der Waals surface area contributed by atoms with Gasteiger partial charge in [-0.2, -0.15) is 0 Å². The van der Waals surface area contributed by atoms with E-state index in [1.807, 2.05) is 0 Å². The number of benzene rings is 10. The SMILES string of the molecule is CC1(C)c2ccccc2-c2cc(N(c3ccccc3)c3ccc(-c4cc5cc(-c6ccc7ccccc7c6)c6ccccc6c5c5ccccc45)cc3)ccc21. The molecule has 0 unspecified atom stereocenters. The molecule has 0 radical (unpaired) electrons. The van der Waals surface area contributed by atoms with Crippen molar-refractivity contribution in [3.8, 4) is 33.4 Å². The van der Waals surface area contributed by atoms with Crippen molar-refractivity contribution >= 4 is 60.2 Å². The predicted molar refractivity (Wildman–Crippen MR) is 240 cm³/mol. The summed E-state index contributed by atoms with van der Waals surface area (Å²) in [7, 11) is 0. The van der Waals surface area contributed by atoms with Crippen LogP contribution in [0.1, 0.15) is 25.0 Å². The van der Waals surface area contributed by atoms with Crippen LogP contribution in [0.15, 0.2) is 200 Å². The molecule has 0 spiro atoms. The third-order valence-corrected chi connectivity index (χ3v) is 12.2. The number of rotatable bonds is 5. The van der Waals surface area contributed by atoms with Gasteiger partial charge in [0.05, 0.1) is 0 Å². The van der Waals surface area contributed by atoms with Crippen LogP contribution in [0.5, 0.6) is 0 Å². The maximum atomic E-state index is 2.41. The number of hydrogen-bond donors (Lipinski definition) is 0. The van der Waals surface area contributed by atoms with Crippen LogP contribution in [0.2, 0.25) is 0 Å². The van der Waals surface area contributed by atoms with Crippen molar-refractivity contribution < 1.29 is 0 Å². The van der Waals surface area contributed by atoms with Gasteiger partial charge in [-0.3, -0.25) is 0 Å². The fourth-order valence-electron chi connectivity index (χ4n) is 9.48.